The first-order valence-corrected chi connectivity index (χ1v) is 8.67. The maximum Gasteiger partial charge on any atom is 0.175 e. The Labute approximate surface area is 126 Å². The highest BCUT2D eigenvalue weighted by molar-refractivity contribution is 7.90. The monoisotopic (exact) mass is 304 g/mol. The normalized spacial score (nSPS) is 13.0. The molecule has 1 aromatic heterocycles. The summed E-state index contributed by atoms with van der Waals surface area (Å²) in [5.74, 6) is 0. The third-order valence-electron chi connectivity index (χ3n) is 3.41. The topological polar surface area (TPSA) is 59.1 Å². The first-order valence-electron chi connectivity index (χ1n) is 6.78. The zero-order valence-electron chi connectivity index (χ0n) is 12.7. The molecule has 112 valence electrons. The Morgan fingerprint density at radius 3 is 2.19 bits per heavy atom. The van der Waals surface area contributed by atoms with E-state index in [1.165, 1.54) is 6.26 Å². The molecule has 0 aliphatic rings. The Morgan fingerprint density at radius 2 is 1.67 bits per heavy atom. The molecular weight excluding hydrogens is 284 g/mol. The van der Waals surface area contributed by atoms with Crippen molar-refractivity contribution < 1.29 is 8.42 Å². The van der Waals surface area contributed by atoms with Crippen LogP contribution in [0, 0.1) is 13.8 Å². The number of aryl methyl sites for hydroxylation is 2. The molecule has 1 N–H and O–H groups in total. The SMILES string of the molecule is Cc1ccc(NC(C)c2ccc(S(C)(=O)=O)cc2)c(C)n1. The van der Waals surface area contributed by atoms with E-state index in [4.69, 9.17) is 0 Å². The average molecular weight is 304 g/mol. The Kier molecular flexibility index (Phi) is 4.32. The van der Waals surface area contributed by atoms with Gasteiger partial charge in [-0.2, -0.15) is 0 Å². The third kappa shape index (κ3) is 3.82. The molecule has 0 aliphatic carbocycles. The van der Waals surface area contributed by atoms with Crippen molar-refractivity contribution in [3.8, 4) is 0 Å². The van der Waals surface area contributed by atoms with Crippen molar-refractivity contribution in [2.75, 3.05) is 11.6 Å². The quantitative estimate of drug-likeness (QED) is 0.941. The van der Waals surface area contributed by atoms with Crippen LogP contribution in [0.15, 0.2) is 41.3 Å². The van der Waals surface area contributed by atoms with Gasteiger partial charge in [-0.05, 0) is 50.6 Å². The van der Waals surface area contributed by atoms with Crippen molar-refractivity contribution in [2.45, 2.75) is 31.7 Å². The number of rotatable bonds is 4. The van der Waals surface area contributed by atoms with Crippen LogP contribution < -0.4 is 5.32 Å². The number of benzene rings is 1. The highest BCUT2D eigenvalue weighted by atomic mass is 32.2. The summed E-state index contributed by atoms with van der Waals surface area (Å²) in [6.45, 7) is 5.97. The van der Waals surface area contributed by atoms with E-state index in [-0.39, 0.29) is 6.04 Å². The zero-order chi connectivity index (χ0) is 15.6. The number of aromatic nitrogens is 1. The molecule has 0 fully saturated rings. The average Bonchev–Trinajstić information content (AvgIpc) is 2.41. The van der Waals surface area contributed by atoms with Gasteiger partial charge in [-0.3, -0.25) is 4.98 Å². The predicted octanol–water partition coefficient (Wildman–Crippen LogP) is 3.28. The molecule has 0 saturated carbocycles. The van der Waals surface area contributed by atoms with Crippen LogP contribution in [0.1, 0.15) is 29.9 Å². The van der Waals surface area contributed by atoms with Gasteiger partial charge < -0.3 is 5.32 Å². The second kappa shape index (κ2) is 5.85. The van der Waals surface area contributed by atoms with Gasteiger partial charge in [-0.1, -0.05) is 12.1 Å². The number of pyridine rings is 1. The van der Waals surface area contributed by atoms with Crippen molar-refractivity contribution in [2.24, 2.45) is 0 Å². The van der Waals surface area contributed by atoms with Crippen LogP contribution in [-0.4, -0.2) is 19.7 Å². The molecule has 0 aliphatic heterocycles. The second-order valence-corrected chi connectivity index (χ2v) is 7.31. The molecule has 0 spiro atoms. The van der Waals surface area contributed by atoms with E-state index >= 15 is 0 Å². The van der Waals surface area contributed by atoms with Gasteiger partial charge >= 0.3 is 0 Å². The number of anilines is 1. The van der Waals surface area contributed by atoms with E-state index in [2.05, 4.69) is 10.3 Å². The van der Waals surface area contributed by atoms with Gasteiger partial charge in [-0.15, -0.1) is 0 Å². The van der Waals surface area contributed by atoms with Crippen LogP contribution in [0.2, 0.25) is 0 Å². The number of nitrogens with one attached hydrogen (secondary N) is 1. The fraction of sp³-hybridized carbons (Fsp3) is 0.312. The highest BCUT2D eigenvalue weighted by Gasteiger charge is 2.10. The molecule has 0 amide bonds. The lowest BCUT2D eigenvalue weighted by atomic mass is 10.1. The zero-order valence-corrected chi connectivity index (χ0v) is 13.5. The van der Waals surface area contributed by atoms with Gasteiger partial charge in [0.2, 0.25) is 0 Å². The first kappa shape index (κ1) is 15.5. The van der Waals surface area contributed by atoms with Crippen molar-refractivity contribution in [3.05, 3.63) is 53.3 Å². The molecule has 0 bridgehead atoms. The van der Waals surface area contributed by atoms with Crippen molar-refractivity contribution in [3.63, 3.8) is 0 Å². The van der Waals surface area contributed by atoms with Crippen LogP contribution in [0.25, 0.3) is 0 Å². The minimum Gasteiger partial charge on any atom is -0.377 e. The minimum atomic E-state index is -3.15. The van der Waals surface area contributed by atoms with E-state index in [1.807, 2.05) is 45.0 Å². The number of hydrogen-bond acceptors (Lipinski definition) is 4. The standard InChI is InChI=1S/C16H20N2O2S/c1-11-5-10-16(13(3)17-11)18-12(2)14-6-8-15(9-7-14)21(4,19)20/h5-10,12,18H,1-4H3. The van der Waals surface area contributed by atoms with Gasteiger partial charge in [0.1, 0.15) is 0 Å². The van der Waals surface area contributed by atoms with E-state index in [0.717, 1.165) is 22.6 Å². The van der Waals surface area contributed by atoms with Crippen molar-refractivity contribution in [1.82, 2.24) is 4.98 Å². The maximum atomic E-state index is 11.5. The third-order valence-corrected chi connectivity index (χ3v) is 4.53. The van der Waals surface area contributed by atoms with Crippen LogP contribution in [-0.2, 0) is 9.84 Å². The van der Waals surface area contributed by atoms with Crippen molar-refractivity contribution in [1.29, 1.82) is 0 Å². The summed E-state index contributed by atoms with van der Waals surface area (Å²) in [6, 6.07) is 11.0. The van der Waals surface area contributed by atoms with E-state index in [1.54, 1.807) is 12.1 Å². The molecule has 4 nitrogen and oxygen atoms in total. The summed E-state index contributed by atoms with van der Waals surface area (Å²) >= 11 is 0. The molecule has 1 heterocycles. The fourth-order valence-corrected chi connectivity index (χ4v) is 2.79. The minimum absolute atomic E-state index is 0.0711. The summed E-state index contributed by atoms with van der Waals surface area (Å²) in [6.07, 6.45) is 1.21. The molecule has 5 heteroatoms. The van der Waals surface area contributed by atoms with E-state index in [0.29, 0.717) is 4.90 Å². The summed E-state index contributed by atoms with van der Waals surface area (Å²) in [4.78, 5) is 4.76. The molecular formula is C16H20N2O2S. The largest absolute Gasteiger partial charge is 0.377 e. The number of sulfone groups is 1. The second-order valence-electron chi connectivity index (χ2n) is 5.29. The molecule has 0 radical (unpaired) electrons. The van der Waals surface area contributed by atoms with Crippen LogP contribution in [0.5, 0.6) is 0 Å². The Morgan fingerprint density at radius 1 is 1.05 bits per heavy atom. The first-order chi connectivity index (χ1) is 9.77. The fourth-order valence-electron chi connectivity index (χ4n) is 2.16. The molecule has 1 atom stereocenters. The molecule has 0 saturated heterocycles. The summed E-state index contributed by atoms with van der Waals surface area (Å²) in [7, 11) is -3.15. The van der Waals surface area contributed by atoms with Crippen LogP contribution in [0.3, 0.4) is 0 Å². The maximum absolute atomic E-state index is 11.5. The lowest BCUT2D eigenvalue weighted by molar-refractivity contribution is 0.602. The molecule has 21 heavy (non-hydrogen) atoms. The number of hydrogen-bond donors (Lipinski definition) is 1. The Bertz CT molecular complexity index is 737. The van der Waals surface area contributed by atoms with E-state index < -0.39 is 9.84 Å². The van der Waals surface area contributed by atoms with E-state index in [9.17, 15) is 8.42 Å². The summed E-state index contributed by atoms with van der Waals surface area (Å²) in [5.41, 5.74) is 3.96. The highest BCUT2D eigenvalue weighted by Crippen LogP contribution is 2.22. The smallest absolute Gasteiger partial charge is 0.175 e. The molecule has 2 aromatic rings. The van der Waals surface area contributed by atoms with Crippen LogP contribution >= 0.6 is 0 Å². The Hall–Kier alpha value is -1.88. The van der Waals surface area contributed by atoms with Gasteiger partial charge in [0.05, 0.1) is 16.3 Å². The van der Waals surface area contributed by atoms with Gasteiger partial charge in [0, 0.05) is 18.0 Å². The number of nitrogens with zero attached hydrogens (tertiary/aromatic N) is 1. The summed E-state index contributed by atoms with van der Waals surface area (Å²) in [5, 5.41) is 3.40. The van der Waals surface area contributed by atoms with Crippen LogP contribution in [0.4, 0.5) is 5.69 Å². The van der Waals surface area contributed by atoms with Gasteiger partial charge in [0.25, 0.3) is 0 Å². The lowest BCUT2D eigenvalue weighted by Gasteiger charge is -2.17. The van der Waals surface area contributed by atoms with Gasteiger partial charge in [0.15, 0.2) is 9.84 Å². The molecule has 2 rings (SSSR count). The predicted molar refractivity (Wildman–Crippen MR) is 85.3 cm³/mol. The summed E-state index contributed by atoms with van der Waals surface area (Å²) < 4.78 is 22.9. The molecule has 1 aromatic carbocycles. The van der Waals surface area contributed by atoms with Gasteiger partial charge in [-0.25, -0.2) is 8.42 Å². The Balaban J connectivity index is 2.18. The lowest BCUT2D eigenvalue weighted by Crippen LogP contribution is -2.09. The van der Waals surface area contributed by atoms with Crippen molar-refractivity contribution >= 4 is 15.5 Å². The molecule has 1 unspecified atom stereocenters.